The Kier molecular flexibility index (Phi) is 6.53. The second kappa shape index (κ2) is 9.07. The fourth-order valence-electron chi connectivity index (χ4n) is 2.87. The molecule has 1 heterocycles. The lowest BCUT2D eigenvalue weighted by molar-refractivity contribution is -0.274. The van der Waals surface area contributed by atoms with Crippen LogP contribution in [0.1, 0.15) is 21.5 Å². The molecule has 0 spiro atoms. The van der Waals surface area contributed by atoms with Gasteiger partial charge in [0, 0.05) is 31.7 Å². The summed E-state index contributed by atoms with van der Waals surface area (Å²) in [5, 5.41) is 2.75. The molecule has 1 amide bonds. The standard InChI is InChI=1S/C20H21F3N2O3/c21-20(22,23)28-18-7-5-17(6-8-18)19(26)24-13-15-1-3-16(4-2-15)14-25-9-11-27-12-10-25/h1-8H,9-14H2,(H,24,26). The van der Waals surface area contributed by atoms with Gasteiger partial charge in [-0.2, -0.15) is 0 Å². The van der Waals surface area contributed by atoms with E-state index in [1.165, 1.54) is 17.7 Å². The topological polar surface area (TPSA) is 50.8 Å². The van der Waals surface area contributed by atoms with Crippen LogP contribution in [0.3, 0.4) is 0 Å². The number of amides is 1. The van der Waals surface area contributed by atoms with Gasteiger partial charge in [0.1, 0.15) is 5.75 Å². The lowest BCUT2D eigenvalue weighted by Gasteiger charge is -2.26. The quantitative estimate of drug-likeness (QED) is 0.817. The number of nitrogens with one attached hydrogen (secondary N) is 1. The predicted octanol–water partition coefficient (Wildman–Crippen LogP) is 3.35. The zero-order chi connectivity index (χ0) is 20.0. The molecule has 5 nitrogen and oxygen atoms in total. The maximum Gasteiger partial charge on any atom is 0.573 e. The third-order valence-corrected chi connectivity index (χ3v) is 4.34. The van der Waals surface area contributed by atoms with Crippen molar-refractivity contribution in [3.05, 3.63) is 65.2 Å². The molecule has 0 atom stereocenters. The monoisotopic (exact) mass is 394 g/mol. The van der Waals surface area contributed by atoms with Crippen molar-refractivity contribution >= 4 is 5.91 Å². The molecule has 1 N–H and O–H groups in total. The van der Waals surface area contributed by atoms with Crippen LogP contribution >= 0.6 is 0 Å². The van der Waals surface area contributed by atoms with Crippen molar-refractivity contribution < 1.29 is 27.4 Å². The first kappa shape index (κ1) is 20.2. The minimum Gasteiger partial charge on any atom is -0.406 e. The molecule has 0 radical (unpaired) electrons. The van der Waals surface area contributed by atoms with E-state index in [0.717, 1.165) is 50.5 Å². The van der Waals surface area contributed by atoms with Gasteiger partial charge in [-0.15, -0.1) is 13.2 Å². The van der Waals surface area contributed by atoms with E-state index in [1.54, 1.807) is 0 Å². The minimum atomic E-state index is -4.75. The largest absolute Gasteiger partial charge is 0.573 e. The fourth-order valence-corrected chi connectivity index (χ4v) is 2.87. The van der Waals surface area contributed by atoms with Gasteiger partial charge in [0.15, 0.2) is 0 Å². The highest BCUT2D eigenvalue weighted by Gasteiger charge is 2.31. The van der Waals surface area contributed by atoms with E-state index in [9.17, 15) is 18.0 Å². The van der Waals surface area contributed by atoms with Gasteiger partial charge >= 0.3 is 6.36 Å². The molecule has 2 aromatic carbocycles. The zero-order valence-electron chi connectivity index (χ0n) is 15.2. The van der Waals surface area contributed by atoms with Gasteiger partial charge in [0.2, 0.25) is 0 Å². The van der Waals surface area contributed by atoms with E-state index in [1.807, 2.05) is 24.3 Å². The summed E-state index contributed by atoms with van der Waals surface area (Å²) in [6, 6.07) is 12.8. The first-order chi connectivity index (χ1) is 13.4. The summed E-state index contributed by atoms with van der Waals surface area (Å²) in [6.45, 7) is 4.55. The normalized spacial score (nSPS) is 15.2. The van der Waals surface area contributed by atoms with E-state index in [0.29, 0.717) is 6.54 Å². The highest BCUT2D eigenvalue weighted by Crippen LogP contribution is 2.22. The van der Waals surface area contributed by atoms with Crippen molar-refractivity contribution in [2.45, 2.75) is 19.5 Å². The van der Waals surface area contributed by atoms with Crippen molar-refractivity contribution in [1.29, 1.82) is 0 Å². The molecular formula is C20H21F3N2O3. The molecule has 28 heavy (non-hydrogen) atoms. The first-order valence-electron chi connectivity index (χ1n) is 8.91. The number of carbonyl (C=O) groups is 1. The highest BCUT2D eigenvalue weighted by atomic mass is 19.4. The number of halogens is 3. The predicted molar refractivity (Wildman–Crippen MR) is 96.8 cm³/mol. The Balaban J connectivity index is 1.48. The molecule has 1 fully saturated rings. The summed E-state index contributed by atoms with van der Waals surface area (Å²) >= 11 is 0. The van der Waals surface area contributed by atoms with Gasteiger partial charge in [-0.25, -0.2) is 0 Å². The number of morpholine rings is 1. The fraction of sp³-hybridized carbons (Fsp3) is 0.350. The molecule has 0 bridgehead atoms. The average Bonchev–Trinajstić information content (AvgIpc) is 2.67. The van der Waals surface area contributed by atoms with Crippen LogP contribution in [0.5, 0.6) is 5.75 Å². The van der Waals surface area contributed by atoms with Crippen LogP contribution in [0.4, 0.5) is 13.2 Å². The number of nitrogens with zero attached hydrogens (tertiary/aromatic N) is 1. The molecule has 1 aliphatic heterocycles. The summed E-state index contributed by atoms with van der Waals surface area (Å²) < 4.78 is 45.6. The number of benzene rings is 2. The molecule has 1 aliphatic rings. The van der Waals surface area contributed by atoms with Crippen LogP contribution in [0.2, 0.25) is 0 Å². The van der Waals surface area contributed by atoms with Crippen LogP contribution in [-0.2, 0) is 17.8 Å². The van der Waals surface area contributed by atoms with Gasteiger partial charge in [-0.05, 0) is 35.4 Å². The molecule has 0 unspecified atom stereocenters. The lowest BCUT2D eigenvalue weighted by atomic mass is 10.1. The maximum atomic E-state index is 12.2. The molecule has 0 aliphatic carbocycles. The van der Waals surface area contributed by atoms with Crippen molar-refractivity contribution in [3.8, 4) is 5.75 Å². The van der Waals surface area contributed by atoms with Gasteiger partial charge < -0.3 is 14.8 Å². The summed E-state index contributed by atoms with van der Waals surface area (Å²) in [4.78, 5) is 14.5. The number of carbonyl (C=O) groups excluding carboxylic acids is 1. The Bertz CT molecular complexity index is 771. The molecule has 0 aromatic heterocycles. The number of ether oxygens (including phenoxy) is 2. The summed E-state index contributed by atoms with van der Waals surface area (Å²) in [6.07, 6.45) is -4.75. The van der Waals surface area contributed by atoms with E-state index < -0.39 is 6.36 Å². The molecule has 8 heteroatoms. The van der Waals surface area contributed by atoms with E-state index >= 15 is 0 Å². The zero-order valence-corrected chi connectivity index (χ0v) is 15.2. The number of alkyl halides is 3. The summed E-state index contributed by atoms with van der Waals surface area (Å²) in [5.74, 6) is -0.726. The smallest absolute Gasteiger partial charge is 0.406 e. The van der Waals surface area contributed by atoms with Crippen LogP contribution in [-0.4, -0.2) is 43.5 Å². The molecule has 0 saturated carbocycles. The number of hydrogen-bond acceptors (Lipinski definition) is 4. The molecule has 150 valence electrons. The second-order valence-electron chi connectivity index (χ2n) is 6.46. The Hall–Kier alpha value is -2.58. The van der Waals surface area contributed by atoms with Crippen molar-refractivity contribution in [1.82, 2.24) is 10.2 Å². The van der Waals surface area contributed by atoms with Crippen molar-refractivity contribution in [2.24, 2.45) is 0 Å². The first-order valence-corrected chi connectivity index (χ1v) is 8.91. The molecular weight excluding hydrogens is 373 g/mol. The van der Waals surface area contributed by atoms with Crippen LogP contribution in [0, 0.1) is 0 Å². The van der Waals surface area contributed by atoms with Gasteiger partial charge in [0.05, 0.1) is 13.2 Å². The second-order valence-corrected chi connectivity index (χ2v) is 6.46. The highest BCUT2D eigenvalue weighted by molar-refractivity contribution is 5.94. The number of hydrogen-bond donors (Lipinski definition) is 1. The third-order valence-electron chi connectivity index (χ3n) is 4.34. The molecule has 1 saturated heterocycles. The van der Waals surface area contributed by atoms with E-state index in [4.69, 9.17) is 4.74 Å². The van der Waals surface area contributed by atoms with E-state index in [-0.39, 0.29) is 17.2 Å². The average molecular weight is 394 g/mol. The maximum absolute atomic E-state index is 12.2. The van der Waals surface area contributed by atoms with Crippen LogP contribution in [0.15, 0.2) is 48.5 Å². The van der Waals surface area contributed by atoms with Gasteiger partial charge in [0.25, 0.3) is 5.91 Å². The van der Waals surface area contributed by atoms with Crippen molar-refractivity contribution in [2.75, 3.05) is 26.3 Å². The van der Waals surface area contributed by atoms with Gasteiger partial charge in [-0.3, -0.25) is 9.69 Å². The van der Waals surface area contributed by atoms with Crippen LogP contribution < -0.4 is 10.1 Å². The van der Waals surface area contributed by atoms with Crippen LogP contribution in [0.25, 0.3) is 0 Å². The van der Waals surface area contributed by atoms with E-state index in [2.05, 4.69) is 15.0 Å². The van der Waals surface area contributed by atoms with Gasteiger partial charge in [-0.1, -0.05) is 24.3 Å². The SMILES string of the molecule is O=C(NCc1ccc(CN2CCOCC2)cc1)c1ccc(OC(F)(F)F)cc1. The Labute approximate surface area is 161 Å². The summed E-state index contributed by atoms with van der Waals surface area (Å²) in [5.41, 5.74) is 2.40. The Morgan fingerprint density at radius 1 is 1.00 bits per heavy atom. The summed E-state index contributed by atoms with van der Waals surface area (Å²) in [7, 11) is 0. The van der Waals surface area contributed by atoms with Crippen molar-refractivity contribution in [3.63, 3.8) is 0 Å². The molecule has 3 rings (SSSR count). The molecule has 2 aromatic rings. The number of rotatable bonds is 6. The Morgan fingerprint density at radius 2 is 1.61 bits per heavy atom. The lowest BCUT2D eigenvalue weighted by Crippen LogP contribution is -2.35. The Morgan fingerprint density at radius 3 is 2.21 bits per heavy atom. The minimum absolute atomic E-state index is 0.262. The third kappa shape index (κ3) is 6.24.